The highest BCUT2D eigenvalue weighted by atomic mass is 79.9. The molecule has 0 saturated heterocycles. The molecule has 1 fully saturated rings. The molecule has 2 heterocycles. The van der Waals surface area contributed by atoms with Crippen LogP contribution in [0.4, 0.5) is 0 Å². The summed E-state index contributed by atoms with van der Waals surface area (Å²) < 4.78 is 9.64. The Balaban J connectivity index is 1.40. The number of fused-ring (bicyclic) bond motifs is 1. The molecule has 1 N–H and O–H groups in total. The van der Waals surface area contributed by atoms with E-state index in [0.717, 1.165) is 24.2 Å². The summed E-state index contributed by atoms with van der Waals surface area (Å²) in [4.78, 5) is 43.3. The maximum atomic E-state index is 14.0. The molecule has 1 aromatic heterocycles. The van der Waals surface area contributed by atoms with Gasteiger partial charge in [-0.25, -0.2) is 4.79 Å². The van der Waals surface area contributed by atoms with E-state index in [1.807, 2.05) is 56.3 Å². The van der Waals surface area contributed by atoms with Crippen LogP contribution >= 0.6 is 27.5 Å². The monoisotopic (exact) mass is 648 g/mol. The van der Waals surface area contributed by atoms with Crippen molar-refractivity contribution in [3.63, 3.8) is 0 Å². The molecule has 1 aliphatic heterocycles. The zero-order chi connectivity index (χ0) is 29.5. The van der Waals surface area contributed by atoms with Crippen molar-refractivity contribution in [3.05, 3.63) is 115 Å². The van der Waals surface area contributed by atoms with Crippen LogP contribution in [-0.4, -0.2) is 38.0 Å². The molecule has 42 heavy (non-hydrogen) atoms. The van der Waals surface area contributed by atoms with E-state index >= 15 is 0 Å². The molecule has 6 rings (SSSR count). The SMILES string of the molecule is CC1Cn2c(c(C(=O)N[C@@H](C)c3ccccc3)n(-c3ccc(OC4CC4)cc3)c2=O)CN1C(=O)c1ccc(Br)c(Cl)c1. The highest BCUT2D eigenvalue weighted by Crippen LogP contribution is 2.30. The lowest BCUT2D eigenvalue weighted by atomic mass is 10.1. The number of halogens is 2. The second-order valence-corrected chi connectivity index (χ2v) is 12.1. The molecule has 2 atom stereocenters. The highest BCUT2D eigenvalue weighted by Gasteiger charge is 2.36. The largest absolute Gasteiger partial charge is 0.490 e. The van der Waals surface area contributed by atoms with E-state index in [0.29, 0.717) is 26.4 Å². The molecular formula is C32H30BrClN4O4. The van der Waals surface area contributed by atoms with E-state index in [9.17, 15) is 14.4 Å². The average Bonchev–Trinajstić information content (AvgIpc) is 3.76. The minimum absolute atomic E-state index is 0.0846. The van der Waals surface area contributed by atoms with Crippen molar-refractivity contribution in [1.29, 1.82) is 0 Å². The second-order valence-electron chi connectivity index (χ2n) is 10.9. The lowest BCUT2D eigenvalue weighted by Crippen LogP contribution is -2.47. The molecule has 3 aromatic carbocycles. The maximum Gasteiger partial charge on any atom is 0.333 e. The molecule has 8 nitrogen and oxygen atoms in total. The van der Waals surface area contributed by atoms with Gasteiger partial charge in [0.25, 0.3) is 11.8 Å². The van der Waals surface area contributed by atoms with E-state index in [1.54, 1.807) is 39.8 Å². The lowest BCUT2D eigenvalue weighted by molar-refractivity contribution is 0.0610. The fourth-order valence-corrected chi connectivity index (χ4v) is 5.73. The van der Waals surface area contributed by atoms with E-state index in [1.165, 1.54) is 4.57 Å². The summed E-state index contributed by atoms with van der Waals surface area (Å²) in [5.41, 5.74) is 2.27. The predicted octanol–water partition coefficient (Wildman–Crippen LogP) is 6.13. The second kappa shape index (κ2) is 11.5. The standard InChI is InChI=1S/C32H30BrClN4O4/c1-19-17-37-28(18-36(19)31(40)22-8-15-26(33)27(34)16-22)29(30(39)35-20(2)21-6-4-3-5-7-21)38(32(37)41)23-9-11-24(12-10-23)42-25-13-14-25/h3-12,15-16,19-20,25H,13-14,17-18H2,1-2H3,(H,35,39)/t19?,20-/m0/s1. The number of hydrogen-bond donors (Lipinski definition) is 1. The molecule has 2 aliphatic rings. The first-order chi connectivity index (χ1) is 20.2. The fraction of sp³-hybridized carbons (Fsp3) is 0.281. The molecule has 1 unspecified atom stereocenters. The number of aromatic nitrogens is 2. The van der Waals surface area contributed by atoms with Crippen molar-refractivity contribution in [2.75, 3.05) is 0 Å². The van der Waals surface area contributed by atoms with Crippen LogP contribution in [-0.2, 0) is 13.1 Å². The number of amides is 2. The third kappa shape index (κ3) is 5.51. The number of hydrogen-bond acceptors (Lipinski definition) is 4. The van der Waals surface area contributed by atoms with E-state index in [4.69, 9.17) is 16.3 Å². The lowest BCUT2D eigenvalue weighted by Gasteiger charge is -2.34. The summed E-state index contributed by atoms with van der Waals surface area (Å²) in [7, 11) is 0. The number of ether oxygens (including phenoxy) is 1. The van der Waals surface area contributed by atoms with Crippen LogP contribution in [0.1, 0.15) is 64.8 Å². The van der Waals surface area contributed by atoms with Gasteiger partial charge in [-0.05, 0) is 90.6 Å². The van der Waals surface area contributed by atoms with E-state index < -0.39 is 5.91 Å². The molecule has 2 amide bonds. The molecule has 0 bridgehead atoms. The Labute approximate surface area is 257 Å². The summed E-state index contributed by atoms with van der Waals surface area (Å²) in [6.45, 7) is 4.12. The normalized spacial score (nSPS) is 17.0. The Morgan fingerprint density at radius 3 is 2.43 bits per heavy atom. The number of benzene rings is 3. The first-order valence-electron chi connectivity index (χ1n) is 13.9. The van der Waals surface area contributed by atoms with Gasteiger partial charge in [-0.3, -0.25) is 18.7 Å². The van der Waals surface area contributed by atoms with Gasteiger partial charge in [0.1, 0.15) is 11.4 Å². The third-order valence-electron chi connectivity index (χ3n) is 7.76. The van der Waals surface area contributed by atoms with Crippen LogP contribution < -0.4 is 15.7 Å². The molecule has 4 aromatic rings. The van der Waals surface area contributed by atoms with Crippen LogP contribution in [0.15, 0.2) is 82.1 Å². The van der Waals surface area contributed by atoms with Crippen molar-refractivity contribution in [3.8, 4) is 11.4 Å². The molecule has 0 radical (unpaired) electrons. The Kier molecular flexibility index (Phi) is 7.72. The van der Waals surface area contributed by atoms with Crippen LogP contribution in [0.3, 0.4) is 0 Å². The molecular weight excluding hydrogens is 620 g/mol. The summed E-state index contributed by atoms with van der Waals surface area (Å²) in [5, 5.41) is 3.50. The number of carbonyl (C=O) groups excluding carboxylic acids is 2. The molecule has 216 valence electrons. The Hall–Kier alpha value is -3.82. The summed E-state index contributed by atoms with van der Waals surface area (Å²) in [6.07, 6.45) is 2.32. The van der Waals surface area contributed by atoms with Gasteiger partial charge in [0.15, 0.2) is 0 Å². The van der Waals surface area contributed by atoms with Gasteiger partial charge in [-0.15, -0.1) is 0 Å². The Bertz CT molecular complexity index is 1710. The number of carbonyl (C=O) groups is 2. The van der Waals surface area contributed by atoms with Crippen LogP contribution in [0.5, 0.6) is 5.75 Å². The first-order valence-corrected chi connectivity index (χ1v) is 15.1. The Morgan fingerprint density at radius 2 is 1.76 bits per heavy atom. The topological polar surface area (TPSA) is 85.6 Å². The maximum absolute atomic E-state index is 14.0. The van der Waals surface area contributed by atoms with Crippen molar-refractivity contribution >= 4 is 39.3 Å². The summed E-state index contributed by atoms with van der Waals surface area (Å²) in [6, 6.07) is 21.3. The van der Waals surface area contributed by atoms with Gasteiger partial charge in [-0.2, -0.15) is 0 Å². The first kappa shape index (κ1) is 28.3. The van der Waals surface area contributed by atoms with Crippen LogP contribution in [0.2, 0.25) is 5.02 Å². The summed E-state index contributed by atoms with van der Waals surface area (Å²) in [5.74, 6) is 0.0959. The zero-order valence-corrected chi connectivity index (χ0v) is 25.6. The van der Waals surface area contributed by atoms with Crippen molar-refractivity contribution in [2.45, 2.75) is 58.0 Å². The minimum atomic E-state index is -0.399. The molecule has 1 saturated carbocycles. The van der Waals surface area contributed by atoms with Gasteiger partial charge in [0.05, 0.1) is 35.1 Å². The number of nitrogens with zero attached hydrogens (tertiary/aromatic N) is 3. The molecule has 10 heteroatoms. The zero-order valence-electron chi connectivity index (χ0n) is 23.2. The smallest absolute Gasteiger partial charge is 0.333 e. The number of imidazole rings is 1. The predicted molar refractivity (Wildman–Crippen MR) is 164 cm³/mol. The minimum Gasteiger partial charge on any atom is -0.490 e. The number of nitrogens with one attached hydrogen (secondary N) is 1. The quantitative estimate of drug-likeness (QED) is 0.261. The van der Waals surface area contributed by atoms with Crippen molar-refractivity contribution in [1.82, 2.24) is 19.4 Å². The third-order valence-corrected chi connectivity index (χ3v) is 8.99. The highest BCUT2D eigenvalue weighted by molar-refractivity contribution is 9.10. The fourth-order valence-electron chi connectivity index (χ4n) is 5.30. The molecule has 0 spiro atoms. The van der Waals surface area contributed by atoms with E-state index in [-0.39, 0.29) is 48.6 Å². The summed E-state index contributed by atoms with van der Waals surface area (Å²) >= 11 is 9.66. The average molecular weight is 650 g/mol. The van der Waals surface area contributed by atoms with Gasteiger partial charge in [-0.1, -0.05) is 41.9 Å². The van der Waals surface area contributed by atoms with Gasteiger partial charge in [0, 0.05) is 22.6 Å². The van der Waals surface area contributed by atoms with E-state index in [2.05, 4.69) is 21.2 Å². The van der Waals surface area contributed by atoms with Crippen LogP contribution in [0, 0.1) is 0 Å². The van der Waals surface area contributed by atoms with Crippen molar-refractivity contribution in [2.24, 2.45) is 0 Å². The van der Waals surface area contributed by atoms with Gasteiger partial charge < -0.3 is 15.0 Å². The van der Waals surface area contributed by atoms with Crippen molar-refractivity contribution < 1.29 is 14.3 Å². The van der Waals surface area contributed by atoms with Gasteiger partial charge >= 0.3 is 5.69 Å². The number of rotatable bonds is 7. The van der Waals surface area contributed by atoms with Crippen LogP contribution in [0.25, 0.3) is 5.69 Å². The Morgan fingerprint density at radius 1 is 1.05 bits per heavy atom. The van der Waals surface area contributed by atoms with Gasteiger partial charge in [0.2, 0.25) is 0 Å². The molecule has 1 aliphatic carbocycles.